The quantitative estimate of drug-likeness (QED) is 0.291. The zero-order chi connectivity index (χ0) is 29.1. The molecule has 0 saturated carbocycles. The lowest BCUT2D eigenvalue weighted by molar-refractivity contribution is 0.0562. The minimum atomic E-state index is -0.701. The molecule has 2 bridgehead atoms. The maximum absolute atomic E-state index is 14.3. The molecule has 1 amide bonds. The molecule has 3 atom stereocenters. The molecule has 0 radical (unpaired) electrons. The van der Waals surface area contributed by atoms with Gasteiger partial charge in [-0.1, -0.05) is 6.07 Å². The number of fused-ring (bicyclic) bond motifs is 3. The third-order valence-corrected chi connectivity index (χ3v) is 8.43. The van der Waals surface area contributed by atoms with Gasteiger partial charge in [0.25, 0.3) is 5.91 Å². The average Bonchev–Trinajstić information content (AvgIpc) is 3.71. The van der Waals surface area contributed by atoms with Crippen LogP contribution in [0.2, 0.25) is 0 Å². The number of aromatic nitrogens is 6. The zero-order valence-corrected chi connectivity index (χ0v) is 22.6. The van der Waals surface area contributed by atoms with Gasteiger partial charge in [0.2, 0.25) is 0 Å². The van der Waals surface area contributed by atoms with E-state index in [2.05, 4.69) is 20.3 Å². The Morgan fingerprint density at radius 1 is 1.02 bits per heavy atom. The van der Waals surface area contributed by atoms with E-state index in [-0.39, 0.29) is 41.1 Å². The van der Waals surface area contributed by atoms with E-state index in [0.29, 0.717) is 52.3 Å². The first kappa shape index (κ1) is 25.9. The van der Waals surface area contributed by atoms with Crippen molar-refractivity contribution in [1.29, 1.82) is 0 Å². The highest BCUT2D eigenvalue weighted by Crippen LogP contribution is 2.45. The van der Waals surface area contributed by atoms with Crippen molar-refractivity contribution in [2.45, 2.75) is 50.6 Å². The molecule has 0 aliphatic carbocycles. The first-order valence-electron chi connectivity index (χ1n) is 13.7. The van der Waals surface area contributed by atoms with Crippen molar-refractivity contribution in [1.82, 2.24) is 34.7 Å². The second-order valence-electron chi connectivity index (χ2n) is 10.9. The van der Waals surface area contributed by atoms with Gasteiger partial charge in [-0.25, -0.2) is 13.8 Å². The molecule has 0 spiro atoms. The SMILES string of the molecule is CC(=O)c1c([C@@H]2C[C@H]3CC[C@@H](C2)N3C(=O)c2ccn[nH]2)nc2c(-c3ccc(-c4ccc(F)cc4F)nc3)cnn2c1N. The maximum Gasteiger partial charge on any atom is 0.272 e. The number of anilines is 1. The lowest BCUT2D eigenvalue weighted by atomic mass is 9.85. The van der Waals surface area contributed by atoms with Gasteiger partial charge in [0, 0.05) is 53.2 Å². The lowest BCUT2D eigenvalue weighted by Crippen LogP contribution is -2.46. The fourth-order valence-corrected chi connectivity index (χ4v) is 6.55. The van der Waals surface area contributed by atoms with E-state index in [0.717, 1.165) is 18.9 Å². The van der Waals surface area contributed by atoms with Gasteiger partial charge >= 0.3 is 0 Å². The predicted octanol–water partition coefficient (Wildman–Crippen LogP) is 4.80. The van der Waals surface area contributed by atoms with E-state index < -0.39 is 11.6 Å². The van der Waals surface area contributed by atoms with Gasteiger partial charge in [0.1, 0.15) is 23.1 Å². The molecule has 4 aromatic heterocycles. The number of pyridine rings is 1. The summed E-state index contributed by atoms with van der Waals surface area (Å²) in [5.41, 5.74) is 10.3. The standard InChI is InChI=1S/C30H26F2N8O2/c1-15(41)26-27(17-10-19-4-5-20(11-17)39(19)30(42)25-8-9-35-38-25)37-29-22(14-36-40(29)28(26)33)16-2-7-24(34-13-16)21-6-3-18(31)12-23(21)32/h2-3,6-9,12-14,17,19-20H,4-5,10-11,33H2,1H3,(H,35,38)/t17-,19-,20+. The normalized spacial score (nSPS) is 19.9. The van der Waals surface area contributed by atoms with E-state index in [9.17, 15) is 18.4 Å². The number of nitrogen functional groups attached to an aromatic ring is 1. The Labute approximate surface area is 238 Å². The van der Waals surface area contributed by atoms with Gasteiger partial charge in [-0.15, -0.1) is 0 Å². The number of Topliss-reactive ketones (excluding diaryl/α,β-unsaturated/α-hetero) is 1. The minimum Gasteiger partial charge on any atom is -0.383 e. The molecule has 10 nitrogen and oxygen atoms in total. The molecule has 1 aromatic carbocycles. The van der Waals surface area contributed by atoms with Gasteiger partial charge in [-0.3, -0.25) is 19.7 Å². The summed E-state index contributed by atoms with van der Waals surface area (Å²) < 4.78 is 29.1. The van der Waals surface area contributed by atoms with Crippen LogP contribution >= 0.6 is 0 Å². The van der Waals surface area contributed by atoms with Crippen molar-refractivity contribution in [2.24, 2.45) is 0 Å². The minimum absolute atomic E-state index is 0.0107. The Morgan fingerprint density at radius 2 is 1.81 bits per heavy atom. The fraction of sp³-hybridized carbons (Fsp3) is 0.267. The average molecular weight is 569 g/mol. The number of carbonyl (C=O) groups excluding carboxylic acids is 2. The number of piperidine rings is 1. The lowest BCUT2D eigenvalue weighted by Gasteiger charge is -2.39. The van der Waals surface area contributed by atoms with Crippen LogP contribution in [0, 0.1) is 11.6 Å². The van der Waals surface area contributed by atoms with Gasteiger partial charge < -0.3 is 10.6 Å². The largest absolute Gasteiger partial charge is 0.383 e. The van der Waals surface area contributed by atoms with Crippen molar-refractivity contribution < 1.29 is 18.4 Å². The number of hydrogen-bond donors (Lipinski definition) is 2. The summed E-state index contributed by atoms with van der Waals surface area (Å²) in [5.74, 6) is -1.51. The second-order valence-corrected chi connectivity index (χ2v) is 10.9. The fourth-order valence-electron chi connectivity index (χ4n) is 6.55. The number of nitrogens with one attached hydrogen (secondary N) is 1. The molecule has 6 heterocycles. The molecule has 12 heteroatoms. The van der Waals surface area contributed by atoms with E-state index in [4.69, 9.17) is 10.7 Å². The molecule has 212 valence electrons. The number of amides is 1. The van der Waals surface area contributed by atoms with Crippen LogP contribution in [0.25, 0.3) is 28.0 Å². The van der Waals surface area contributed by atoms with Crippen LogP contribution in [0.1, 0.15) is 65.1 Å². The number of ketones is 1. The van der Waals surface area contributed by atoms with Crippen LogP contribution in [0.3, 0.4) is 0 Å². The summed E-state index contributed by atoms with van der Waals surface area (Å²) >= 11 is 0. The van der Waals surface area contributed by atoms with E-state index in [1.165, 1.54) is 23.6 Å². The smallest absolute Gasteiger partial charge is 0.272 e. The van der Waals surface area contributed by atoms with Crippen molar-refractivity contribution in [3.8, 4) is 22.4 Å². The van der Waals surface area contributed by atoms with E-state index >= 15 is 0 Å². The third kappa shape index (κ3) is 4.13. The summed E-state index contributed by atoms with van der Waals surface area (Å²) in [6.07, 6.45) is 7.81. The number of nitrogens with two attached hydrogens (primary N) is 1. The third-order valence-electron chi connectivity index (χ3n) is 8.43. The number of aromatic amines is 1. The monoisotopic (exact) mass is 568 g/mol. The molecule has 3 N–H and O–H groups in total. The molecule has 2 saturated heterocycles. The van der Waals surface area contributed by atoms with Crippen LogP contribution in [0.4, 0.5) is 14.6 Å². The highest BCUT2D eigenvalue weighted by atomic mass is 19.1. The summed E-state index contributed by atoms with van der Waals surface area (Å²) in [6, 6.07) is 8.46. The van der Waals surface area contributed by atoms with Gasteiger partial charge in [-0.2, -0.15) is 14.7 Å². The summed E-state index contributed by atoms with van der Waals surface area (Å²) in [5, 5.41) is 11.1. The Bertz CT molecular complexity index is 1840. The highest BCUT2D eigenvalue weighted by molar-refractivity contribution is 6.00. The molecule has 2 aliphatic rings. The van der Waals surface area contributed by atoms with Crippen molar-refractivity contribution in [3.63, 3.8) is 0 Å². The Morgan fingerprint density at radius 3 is 2.45 bits per heavy atom. The molecule has 7 rings (SSSR count). The second kappa shape index (κ2) is 9.82. The number of benzene rings is 1. The van der Waals surface area contributed by atoms with E-state index in [1.807, 2.05) is 4.90 Å². The molecule has 0 unspecified atom stereocenters. The van der Waals surface area contributed by atoms with Crippen molar-refractivity contribution in [3.05, 3.63) is 83.6 Å². The van der Waals surface area contributed by atoms with Gasteiger partial charge in [0.15, 0.2) is 11.4 Å². The van der Waals surface area contributed by atoms with Crippen LogP contribution in [-0.4, -0.2) is 58.5 Å². The van der Waals surface area contributed by atoms with Crippen molar-refractivity contribution in [2.75, 3.05) is 5.73 Å². The van der Waals surface area contributed by atoms with Crippen LogP contribution in [0.5, 0.6) is 0 Å². The molecule has 5 aromatic rings. The molecular weight excluding hydrogens is 542 g/mol. The van der Waals surface area contributed by atoms with Gasteiger partial charge in [-0.05, 0) is 56.9 Å². The maximum atomic E-state index is 14.3. The number of carbonyl (C=O) groups is 2. The first-order chi connectivity index (χ1) is 20.3. The molecule has 42 heavy (non-hydrogen) atoms. The topological polar surface area (TPSA) is 135 Å². The number of halogens is 2. The summed E-state index contributed by atoms with van der Waals surface area (Å²) in [7, 11) is 0. The predicted molar refractivity (Wildman–Crippen MR) is 150 cm³/mol. The Hall–Kier alpha value is -5.00. The first-order valence-corrected chi connectivity index (χ1v) is 13.7. The van der Waals surface area contributed by atoms with E-state index in [1.54, 1.807) is 36.8 Å². The van der Waals surface area contributed by atoms with Crippen molar-refractivity contribution >= 4 is 23.2 Å². The molecule has 2 fully saturated rings. The number of hydrogen-bond acceptors (Lipinski definition) is 7. The highest BCUT2D eigenvalue weighted by Gasteiger charge is 2.45. The number of rotatable bonds is 5. The summed E-state index contributed by atoms with van der Waals surface area (Å²) in [6.45, 7) is 1.47. The van der Waals surface area contributed by atoms with Crippen LogP contribution in [0.15, 0.2) is 55.0 Å². The van der Waals surface area contributed by atoms with Crippen LogP contribution < -0.4 is 5.73 Å². The Kier molecular flexibility index (Phi) is 6.07. The molecule has 2 aliphatic heterocycles. The number of nitrogens with zero attached hydrogens (tertiary/aromatic N) is 6. The summed E-state index contributed by atoms with van der Waals surface area (Å²) in [4.78, 5) is 37.4. The Balaban J connectivity index is 1.25. The zero-order valence-electron chi connectivity index (χ0n) is 22.6. The number of H-pyrrole nitrogens is 1. The van der Waals surface area contributed by atoms with Gasteiger partial charge in [0.05, 0.1) is 23.1 Å². The molecular formula is C30H26F2N8O2. The van der Waals surface area contributed by atoms with Crippen LogP contribution in [-0.2, 0) is 0 Å².